The summed E-state index contributed by atoms with van der Waals surface area (Å²) in [6.07, 6.45) is 4.42. The van der Waals surface area contributed by atoms with Crippen LogP contribution in [-0.4, -0.2) is 34.7 Å². The first kappa shape index (κ1) is 25.7. The Morgan fingerprint density at radius 1 is 0.974 bits per heavy atom. The number of carbonyl (C=O) groups is 1. The summed E-state index contributed by atoms with van der Waals surface area (Å²) >= 11 is 0. The van der Waals surface area contributed by atoms with Crippen molar-refractivity contribution in [3.8, 4) is 34.8 Å². The minimum atomic E-state index is -3.76. The molecule has 1 atom stereocenters. The van der Waals surface area contributed by atoms with Crippen molar-refractivity contribution in [1.82, 2.24) is 0 Å². The third-order valence-electron chi connectivity index (χ3n) is 6.77. The molecule has 5 rings (SSSR count). The molecule has 0 bridgehead atoms. The van der Waals surface area contributed by atoms with Crippen LogP contribution in [0.5, 0.6) is 23.0 Å². The minimum absolute atomic E-state index is 0.0262. The lowest BCUT2D eigenvalue weighted by molar-refractivity contribution is -0.140. The van der Waals surface area contributed by atoms with E-state index in [1.165, 1.54) is 19.2 Å². The zero-order valence-corrected chi connectivity index (χ0v) is 22.0. The van der Waals surface area contributed by atoms with E-state index >= 15 is 0 Å². The molecule has 2 aliphatic rings. The van der Waals surface area contributed by atoms with Crippen LogP contribution >= 0.6 is 0 Å². The summed E-state index contributed by atoms with van der Waals surface area (Å²) in [7, 11) is -0.833. The van der Waals surface area contributed by atoms with Crippen molar-refractivity contribution < 1.29 is 32.2 Å². The lowest BCUT2D eigenvalue weighted by Crippen LogP contribution is -2.12. The maximum atomic E-state index is 13.2. The van der Waals surface area contributed by atoms with E-state index in [0.717, 1.165) is 31.2 Å². The second-order valence-electron chi connectivity index (χ2n) is 9.25. The highest BCUT2D eigenvalue weighted by Crippen LogP contribution is 2.42. The number of para-hydroxylation sites is 1. The van der Waals surface area contributed by atoms with E-state index in [9.17, 15) is 13.2 Å². The third-order valence-corrected chi connectivity index (χ3v) is 8.58. The molecule has 0 N–H and O–H groups in total. The predicted octanol–water partition coefficient (Wildman–Crippen LogP) is 5.65. The van der Waals surface area contributed by atoms with Gasteiger partial charge in [0, 0.05) is 5.56 Å². The number of carbonyl (C=O) groups excluding carboxylic acids is 1. The summed E-state index contributed by atoms with van der Waals surface area (Å²) in [5.74, 6) is 7.07. The van der Waals surface area contributed by atoms with Crippen LogP contribution in [0.4, 0.5) is 0 Å². The highest BCUT2D eigenvalue weighted by atomic mass is 32.2. The topological polar surface area (TPSA) is 88.1 Å². The molecule has 1 aliphatic carbocycles. The Labute approximate surface area is 222 Å². The third kappa shape index (κ3) is 5.20. The molecular weight excluding hydrogens is 504 g/mol. The highest BCUT2D eigenvalue weighted by Gasteiger charge is 2.31. The van der Waals surface area contributed by atoms with Gasteiger partial charge in [0.15, 0.2) is 11.5 Å². The van der Waals surface area contributed by atoms with Crippen LogP contribution in [0.25, 0.3) is 0 Å². The first-order valence-electron chi connectivity index (χ1n) is 12.5. The molecule has 0 radical (unpaired) electrons. The van der Waals surface area contributed by atoms with Gasteiger partial charge in [0.2, 0.25) is 9.84 Å². The number of rotatable bonds is 6. The summed E-state index contributed by atoms with van der Waals surface area (Å²) < 4.78 is 48.9. The number of benzene rings is 3. The van der Waals surface area contributed by atoms with Crippen LogP contribution in [-0.2, 0) is 19.4 Å². The Hall–Kier alpha value is -3.96. The fourth-order valence-electron chi connectivity index (χ4n) is 4.73. The Morgan fingerprint density at radius 2 is 1.74 bits per heavy atom. The molecule has 1 aliphatic heterocycles. The van der Waals surface area contributed by atoms with Gasteiger partial charge in [-0.05, 0) is 73.7 Å². The Kier molecular flexibility index (Phi) is 7.30. The average Bonchev–Trinajstić information content (AvgIpc) is 3.44. The van der Waals surface area contributed by atoms with Crippen molar-refractivity contribution in [3.05, 3.63) is 71.8 Å². The maximum Gasteiger partial charge on any atom is 0.307 e. The maximum absolute atomic E-state index is 13.2. The molecule has 1 heterocycles. The van der Waals surface area contributed by atoms with E-state index in [0.29, 0.717) is 22.8 Å². The summed E-state index contributed by atoms with van der Waals surface area (Å²) in [5, 5.41) is 0. The van der Waals surface area contributed by atoms with Gasteiger partial charge in [0.25, 0.3) is 0 Å². The van der Waals surface area contributed by atoms with Crippen molar-refractivity contribution in [2.24, 2.45) is 0 Å². The number of hydrogen-bond acceptors (Lipinski definition) is 7. The standard InChI is InChI=1S/C30H28O7S/c1-34-24-16-14-21(18-27(24)36-23-7-3-4-8-23)22(19-30(31)35-2)13-11-20-12-15-26-29(17-20)38(32,33)28-10-6-5-9-25(28)37-26/h5-6,9-10,12,14-18,22-23H,3-4,7-8,19H2,1-2H3. The molecular formula is C30H28O7S. The Morgan fingerprint density at radius 3 is 2.50 bits per heavy atom. The number of esters is 1. The molecule has 1 saturated carbocycles. The van der Waals surface area contributed by atoms with Gasteiger partial charge in [0.1, 0.15) is 21.3 Å². The number of methoxy groups -OCH3 is 2. The van der Waals surface area contributed by atoms with Gasteiger partial charge in [-0.15, -0.1) is 0 Å². The zero-order chi connectivity index (χ0) is 26.7. The number of fused-ring (bicyclic) bond motifs is 2. The molecule has 7 nitrogen and oxygen atoms in total. The second kappa shape index (κ2) is 10.8. The molecule has 1 fully saturated rings. The minimum Gasteiger partial charge on any atom is -0.493 e. The molecule has 0 spiro atoms. The molecule has 0 saturated heterocycles. The van der Waals surface area contributed by atoms with Gasteiger partial charge in [-0.1, -0.05) is 30.0 Å². The van der Waals surface area contributed by atoms with Gasteiger partial charge in [-0.2, -0.15) is 0 Å². The fraction of sp³-hybridized carbons (Fsp3) is 0.300. The molecule has 0 amide bonds. The van der Waals surface area contributed by atoms with E-state index in [-0.39, 0.29) is 28.1 Å². The van der Waals surface area contributed by atoms with Gasteiger partial charge >= 0.3 is 5.97 Å². The van der Waals surface area contributed by atoms with E-state index in [1.54, 1.807) is 37.4 Å². The molecule has 1 unspecified atom stereocenters. The molecule has 8 heteroatoms. The van der Waals surface area contributed by atoms with E-state index in [2.05, 4.69) is 11.8 Å². The van der Waals surface area contributed by atoms with E-state index in [4.69, 9.17) is 18.9 Å². The van der Waals surface area contributed by atoms with Crippen LogP contribution in [0.2, 0.25) is 0 Å². The monoisotopic (exact) mass is 532 g/mol. The number of hydrogen-bond donors (Lipinski definition) is 0. The second-order valence-corrected chi connectivity index (χ2v) is 11.1. The molecule has 3 aromatic carbocycles. The summed E-state index contributed by atoms with van der Waals surface area (Å²) in [6, 6.07) is 16.9. The first-order chi connectivity index (χ1) is 18.4. The molecule has 0 aromatic heterocycles. The summed E-state index contributed by atoms with van der Waals surface area (Å²) in [6.45, 7) is 0. The van der Waals surface area contributed by atoms with Crippen LogP contribution < -0.4 is 14.2 Å². The summed E-state index contributed by atoms with van der Waals surface area (Å²) in [5.41, 5.74) is 1.26. The average molecular weight is 533 g/mol. The number of ether oxygens (including phenoxy) is 4. The smallest absolute Gasteiger partial charge is 0.307 e. The fourth-order valence-corrected chi connectivity index (χ4v) is 6.26. The predicted molar refractivity (Wildman–Crippen MR) is 141 cm³/mol. The Balaban J connectivity index is 1.48. The van der Waals surface area contributed by atoms with Gasteiger partial charge in [-0.25, -0.2) is 8.42 Å². The lowest BCUT2D eigenvalue weighted by atomic mass is 9.95. The quantitative estimate of drug-likeness (QED) is 0.234. The van der Waals surface area contributed by atoms with Crippen molar-refractivity contribution >= 4 is 15.8 Å². The zero-order valence-electron chi connectivity index (χ0n) is 21.2. The molecule has 3 aromatic rings. The largest absolute Gasteiger partial charge is 0.493 e. The summed E-state index contributed by atoms with van der Waals surface area (Å²) in [4.78, 5) is 12.4. The van der Waals surface area contributed by atoms with Crippen molar-refractivity contribution in [2.75, 3.05) is 14.2 Å². The van der Waals surface area contributed by atoms with Crippen LogP contribution in [0.1, 0.15) is 49.1 Å². The normalized spacial score (nSPS) is 16.2. The van der Waals surface area contributed by atoms with Gasteiger partial charge in [-0.3, -0.25) is 4.79 Å². The lowest BCUT2D eigenvalue weighted by Gasteiger charge is -2.20. The Bertz CT molecular complexity index is 1530. The van der Waals surface area contributed by atoms with Crippen LogP contribution in [0, 0.1) is 11.8 Å². The molecule has 38 heavy (non-hydrogen) atoms. The van der Waals surface area contributed by atoms with E-state index < -0.39 is 21.7 Å². The van der Waals surface area contributed by atoms with Crippen LogP contribution in [0.3, 0.4) is 0 Å². The first-order valence-corrected chi connectivity index (χ1v) is 14.0. The number of sulfone groups is 1. The van der Waals surface area contributed by atoms with E-state index in [1.807, 2.05) is 18.2 Å². The highest BCUT2D eigenvalue weighted by molar-refractivity contribution is 7.91. The van der Waals surface area contributed by atoms with Gasteiger partial charge in [0.05, 0.1) is 32.7 Å². The van der Waals surface area contributed by atoms with Crippen molar-refractivity contribution in [3.63, 3.8) is 0 Å². The van der Waals surface area contributed by atoms with Gasteiger partial charge < -0.3 is 18.9 Å². The molecule has 196 valence electrons. The van der Waals surface area contributed by atoms with Crippen molar-refractivity contribution in [1.29, 1.82) is 0 Å². The van der Waals surface area contributed by atoms with Crippen molar-refractivity contribution in [2.45, 2.75) is 53.9 Å². The SMILES string of the molecule is COC(=O)CC(C#Cc1ccc2c(c1)S(=O)(=O)c1ccccc1O2)c1ccc(OC)c(OC2CCCC2)c1. The van der Waals surface area contributed by atoms with Crippen LogP contribution in [0.15, 0.2) is 70.5 Å².